The zero-order chi connectivity index (χ0) is 29.8. The van der Waals surface area contributed by atoms with E-state index in [1.807, 2.05) is 0 Å². The number of hydrogen-bond acceptors (Lipinski definition) is 8. The van der Waals surface area contributed by atoms with Crippen LogP contribution in [0.2, 0.25) is 0 Å². The van der Waals surface area contributed by atoms with E-state index in [1.165, 1.54) is 24.3 Å². The Morgan fingerprint density at radius 3 is 2.45 bits per heavy atom. The molecule has 0 radical (unpaired) electrons. The molecule has 10 nitrogen and oxygen atoms in total. The monoisotopic (exact) mass is 585 g/mol. The Bertz CT molecular complexity index is 1770. The van der Waals surface area contributed by atoms with Crippen molar-refractivity contribution in [1.29, 1.82) is 0 Å². The maximum atomic E-state index is 15.3. The fourth-order valence-corrected chi connectivity index (χ4v) is 4.70. The highest BCUT2D eigenvalue weighted by Gasteiger charge is 2.36. The number of ether oxygens (including phenoxy) is 1. The third-order valence-corrected chi connectivity index (χ3v) is 6.92. The van der Waals surface area contributed by atoms with E-state index in [1.54, 1.807) is 13.8 Å². The number of rotatable bonds is 8. The molecule has 1 saturated carbocycles. The van der Waals surface area contributed by atoms with Gasteiger partial charge in [-0.2, -0.15) is 13.2 Å². The molecule has 4 aromatic heterocycles. The van der Waals surface area contributed by atoms with Crippen LogP contribution in [0.5, 0.6) is 5.88 Å². The number of imidazole rings is 2. The molecule has 0 saturated heterocycles. The summed E-state index contributed by atoms with van der Waals surface area (Å²) in [6.07, 6.45) is 0.846. The van der Waals surface area contributed by atoms with Gasteiger partial charge in [0.2, 0.25) is 5.88 Å². The van der Waals surface area contributed by atoms with Crippen LogP contribution in [-0.2, 0) is 12.7 Å². The van der Waals surface area contributed by atoms with Gasteiger partial charge in [0.1, 0.15) is 34.9 Å². The molecule has 0 bridgehead atoms. The molecule has 0 unspecified atom stereocenters. The summed E-state index contributed by atoms with van der Waals surface area (Å²) in [6, 6.07) is 1.49. The van der Waals surface area contributed by atoms with Crippen LogP contribution in [-0.4, -0.2) is 46.6 Å². The van der Waals surface area contributed by atoms with Crippen LogP contribution in [0, 0.1) is 11.6 Å². The summed E-state index contributed by atoms with van der Waals surface area (Å²) < 4.78 is 77.2. The molecule has 1 aliphatic rings. The van der Waals surface area contributed by atoms with Crippen LogP contribution in [0.4, 0.5) is 27.8 Å². The molecule has 1 aliphatic carbocycles. The molecule has 42 heavy (non-hydrogen) atoms. The quantitative estimate of drug-likeness (QED) is 0.211. The minimum Gasteiger partial charge on any atom is -0.480 e. The average Bonchev–Trinajstić information content (AvgIpc) is 3.48. The zero-order valence-electron chi connectivity index (χ0n) is 22.6. The zero-order valence-corrected chi connectivity index (χ0v) is 22.6. The first-order valence-corrected chi connectivity index (χ1v) is 13.0. The second-order valence-corrected chi connectivity index (χ2v) is 10.1. The number of hydrogen-bond donors (Lipinski definition) is 2. The molecule has 1 fully saturated rings. The Hall–Kier alpha value is -4.69. The predicted octanol–water partition coefficient (Wildman–Crippen LogP) is 6.05. The van der Waals surface area contributed by atoms with E-state index < -0.39 is 29.5 Å². The van der Waals surface area contributed by atoms with Crippen LogP contribution >= 0.6 is 0 Å². The van der Waals surface area contributed by atoms with Crippen molar-refractivity contribution in [1.82, 2.24) is 39.5 Å². The number of benzene rings is 1. The maximum absolute atomic E-state index is 15.3. The standard InChI is InChI=1S/C27H24F5N9O/c1-12(2)41-9-18(27(30,31)32)38-25(41)14-6-16(28)15(17(29)7-14)8-33-23-21-24(36-10-35-21)40-22(39-23)19-20(13-4-5-13)34-11-37-26(19)42-3/h6-7,9-13H,4-5,8H2,1-3H3,(H2,33,35,36,39,40). The molecule has 15 heteroatoms. The molecule has 0 spiro atoms. The highest BCUT2D eigenvalue weighted by atomic mass is 19.4. The normalized spacial score (nSPS) is 13.7. The smallest absolute Gasteiger partial charge is 0.434 e. The largest absolute Gasteiger partial charge is 0.480 e. The summed E-state index contributed by atoms with van der Waals surface area (Å²) in [4.78, 5) is 28.5. The van der Waals surface area contributed by atoms with Gasteiger partial charge in [0.25, 0.3) is 0 Å². The van der Waals surface area contributed by atoms with Crippen LogP contribution in [0.1, 0.15) is 55.6 Å². The highest BCUT2D eigenvalue weighted by molar-refractivity contribution is 5.85. The third-order valence-electron chi connectivity index (χ3n) is 6.92. The van der Waals surface area contributed by atoms with Crippen LogP contribution in [0.25, 0.3) is 33.9 Å². The lowest BCUT2D eigenvalue weighted by Gasteiger charge is -2.14. The highest BCUT2D eigenvalue weighted by Crippen LogP contribution is 2.45. The number of aromatic nitrogens is 8. The van der Waals surface area contributed by atoms with Gasteiger partial charge < -0.3 is 19.6 Å². The molecule has 4 heterocycles. The predicted molar refractivity (Wildman–Crippen MR) is 142 cm³/mol. The number of alkyl halides is 3. The number of fused-ring (bicyclic) bond motifs is 1. The number of nitrogens with zero attached hydrogens (tertiary/aromatic N) is 7. The number of anilines is 1. The molecule has 218 valence electrons. The van der Waals surface area contributed by atoms with Crippen molar-refractivity contribution < 1.29 is 26.7 Å². The molecule has 0 amide bonds. The third kappa shape index (κ3) is 4.99. The summed E-state index contributed by atoms with van der Waals surface area (Å²) in [5.74, 6) is -1.18. The lowest BCUT2D eigenvalue weighted by molar-refractivity contribution is -0.140. The van der Waals surface area contributed by atoms with Crippen molar-refractivity contribution >= 4 is 17.0 Å². The Labute approximate surface area is 235 Å². The van der Waals surface area contributed by atoms with Crippen molar-refractivity contribution in [2.75, 3.05) is 12.4 Å². The maximum Gasteiger partial charge on any atom is 0.434 e. The van der Waals surface area contributed by atoms with E-state index in [-0.39, 0.29) is 46.9 Å². The first kappa shape index (κ1) is 27.5. The number of methoxy groups -OCH3 is 1. The van der Waals surface area contributed by atoms with Gasteiger partial charge in [0.15, 0.2) is 23.0 Å². The SMILES string of the molecule is COc1ncnc(C2CC2)c1-c1nc(NCc2c(F)cc(-c3nc(C(F)(F)F)cn3C(C)C)cc2F)c2[nH]cnc2n1. The van der Waals surface area contributed by atoms with E-state index >= 15 is 8.78 Å². The molecule has 5 aromatic rings. The average molecular weight is 586 g/mol. The van der Waals surface area contributed by atoms with Gasteiger partial charge in [-0.25, -0.2) is 38.7 Å². The van der Waals surface area contributed by atoms with E-state index in [0.717, 1.165) is 36.9 Å². The van der Waals surface area contributed by atoms with E-state index in [9.17, 15) is 13.2 Å². The van der Waals surface area contributed by atoms with Crippen LogP contribution in [0.15, 0.2) is 31.0 Å². The Kier molecular flexibility index (Phi) is 6.74. The van der Waals surface area contributed by atoms with Crippen molar-refractivity contribution in [3.8, 4) is 28.7 Å². The van der Waals surface area contributed by atoms with Gasteiger partial charge in [-0.3, -0.25) is 0 Å². The Morgan fingerprint density at radius 1 is 1.07 bits per heavy atom. The van der Waals surface area contributed by atoms with E-state index in [2.05, 4.69) is 40.2 Å². The number of aromatic amines is 1. The molecular weight excluding hydrogens is 561 g/mol. The van der Waals surface area contributed by atoms with Gasteiger partial charge in [-0.05, 0) is 38.8 Å². The second-order valence-electron chi connectivity index (χ2n) is 10.1. The van der Waals surface area contributed by atoms with E-state index in [0.29, 0.717) is 16.7 Å². The minimum absolute atomic E-state index is 0.123. The van der Waals surface area contributed by atoms with Crippen molar-refractivity contribution in [3.63, 3.8) is 0 Å². The summed E-state index contributed by atoms with van der Waals surface area (Å²) in [5.41, 5.74) is 0.337. The fourth-order valence-electron chi connectivity index (χ4n) is 4.70. The van der Waals surface area contributed by atoms with Crippen molar-refractivity contribution in [2.45, 2.75) is 51.4 Å². The number of H-pyrrole nitrogens is 1. The lowest BCUT2D eigenvalue weighted by Crippen LogP contribution is -2.09. The van der Waals surface area contributed by atoms with Gasteiger partial charge in [0, 0.05) is 35.8 Å². The van der Waals surface area contributed by atoms with Gasteiger partial charge in [0.05, 0.1) is 19.1 Å². The Morgan fingerprint density at radius 2 is 1.81 bits per heavy atom. The molecule has 0 atom stereocenters. The minimum atomic E-state index is -4.71. The van der Waals surface area contributed by atoms with Gasteiger partial charge >= 0.3 is 6.18 Å². The second kappa shape index (κ2) is 10.3. The van der Waals surface area contributed by atoms with E-state index in [4.69, 9.17) is 4.74 Å². The van der Waals surface area contributed by atoms with Crippen molar-refractivity contribution in [2.24, 2.45) is 0 Å². The molecule has 0 aliphatic heterocycles. The summed E-state index contributed by atoms with van der Waals surface area (Å²) in [5, 5.41) is 2.94. The number of nitrogens with one attached hydrogen (secondary N) is 2. The van der Waals surface area contributed by atoms with Crippen LogP contribution in [0.3, 0.4) is 0 Å². The summed E-state index contributed by atoms with van der Waals surface area (Å²) in [6.45, 7) is 2.95. The first-order chi connectivity index (χ1) is 20.0. The summed E-state index contributed by atoms with van der Waals surface area (Å²) >= 11 is 0. The van der Waals surface area contributed by atoms with Gasteiger partial charge in [-0.1, -0.05) is 0 Å². The molecule has 1 aromatic carbocycles. The van der Waals surface area contributed by atoms with Gasteiger partial charge in [-0.15, -0.1) is 0 Å². The molecule has 6 rings (SSSR count). The van der Waals surface area contributed by atoms with Crippen molar-refractivity contribution in [3.05, 3.63) is 59.6 Å². The fraction of sp³-hybridized carbons (Fsp3) is 0.333. The lowest BCUT2D eigenvalue weighted by atomic mass is 10.1. The topological polar surface area (TPSA) is 119 Å². The molecule has 2 N–H and O–H groups in total. The molecular formula is C27H24F5N9O. The number of halogens is 5. The van der Waals surface area contributed by atoms with Crippen LogP contribution < -0.4 is 10.1 Å². The Balaban J connectivity index is 1.35. The first-order valence-electron chi connectivity index (χ1n) is 13.0. The summed E-state index contributed by atoms with van der Waals surface area (Å²) in [7, 11) is 1.47.